The fourth-order valence-electron chi connectivity index (χ4n) is 2.57. The van der Waals surface area contributed by atoms with E-state index < -0.39 is 0 Å². The number of hydrogen-bond acceptors (Lipinski definition) is 4. The minimum atomic E-state index is 0.205. The predicted molar refractivity (Wildman–Crippen MR) is 67.9 cm³/mol. The Bertz CT molecular complexity index is 201. The van der Waals surface area contributed by atoms with E-state index in [1.807, 2.05) is 0 Å². The maximum absolute atomic E-state index is 9.14. The Hall–Kier alpha value is 0.230. The second-order valence-electron chi connectivity index (χ2n) is 5.07. The van der Waals surface area contributed by atoms with Crippen LogP contribution in [0.25, 0.3) is 0 Å². The van der Waals surface area contributed by atoms with E-state index in [1.165, 1.54) is 24.3 Å². The van der Waals surface area contributed by atoms with Crippen LogP contribution in [0.1, 0.15) is 25.7 Å². The van der Waals surface area contributed by atoms with E-state index in [-0.39, 0.29) is 12.0 Å². The molecule has 0 saturated carbocycles. The van der Waals surface area contributed by atoms with Crippen LogP contribution in [0.2, 0.25) is 0 Å². The smallest absolute Gasteiger partial charge is 0.0536 e. The topological polar surface area (TPSA) is 41.5 Å². The van der Waals surface area contributed by atoms with Gasteiger partial charge in [-0.15, -0.1) is 0 Å². The first-order valence-electron chi connectivity index (χ1n) is 6.34. The molecular weight excluding hydrogens is 222 g/mol. The van der Waals surface area contributed by atoms with E-state index >= 15 is 0 Å². The van der Waals surface area contributed by atoms with Crippen molar-refractivity contribution in [2.75, 3.05) is 37.9 Å². The number of aliphatic hydroxyl groups excluding tert-OH is 1. The van der Waals surface area contributed by atoms with Crippen LogP contribution in [0, 0.1) is 5.41 Å². The Labute approximate surface area is 102 Å². The number of ether oxygens (including phenoxy) is 1. The van der Waals surface area contributed by atoms with E-state index in [0.717, 1.165) is 32.6 Å². The second kappa shape index (κ2) is 6.24. The van der Waals surface area contributed by atoms with Gasteiger partial charge in [-0.25, -0.2) is 0 Å². The van der Waals surface area contributed by atoms with Gasteiger partial charge in [0.2, 0.25) is 0 Å². The number of nitrogens with one attached hydrogen (secondary N) is 1. The molecule has 2 aliphatic rings. The normalized spacial score (nSPS) is 35.4. The Balaban J connectivity index is 1.76. The van der Waals surface area contributed by atoms with Crippen LogP contribution >= 0.6 is 11.8 Å². The van der Waals surface area contributed by atoms with Crippen LogP contribution in [-0.4, -0.2) is 49.0 Å². The Kier molecular flexibility index (Phi) is 4.95. The van der Waals surface area contributed by atoms with E-state index in [4.69, 9.17) is 9.84 Å². The van der Waals surface area contributed by atoms with Gasteiger partial charge in [0, 0.05) is 37.0 Å². The van der Waals surface area contributed by atoms with E-state index in [0.29, 0.717) is 6.04 Å². The quantitative estimate of drug-likeness (QED) is 0.765. The molecule has 2 saturated heterocycles. The summed E-state index contributed by atoms with van der Waals surface area (Å²) in [6.45, 7) is 2.98. The zero-order valence-corrected chi connectivity index (χ0v) is 10.7. The van der Waals surface area contributed by atoms with Crippen LogP contribution < -0.4 is 5.32 Å². The highest BCUT2D eigenvalue weighted by Gasteiger charge is 2.34. The van der Waals surface area contributed by atoms with Gasteiger partial charge in [0.05, 0.1) is 6.61 Å². The summed E-state index contributed by atoms with van der Waals surface area (Å²) in [6.07, 6.45) is 4.62. The molecular formula is C12H23NO2S. The lowest BCUT2D eigenvalue weighted by Gasteiger charge is -2.31. The third-order valence-corrected chi connectivity index (χ3v) is 4.97. The van der Waals surface area contributed by atoms with Crippen LogP contribution in [0.5, 0.6) is 0 Å². The molecule has 2 heterocycles. The fraction of sp³-hybridized carbons (Fsp3) is 1.00. The first-order valence-corrected chi connectivity index (χ1v) is 7.50. The van der Waals surface area contributed by atoms with Gasteiger partial charge in [-0.1, -0.05) is 0 Å². The van der Waals surface area contributed by atoms with Gasteiger partial charge in [0.15, 0.2) is 0 Å². The summed E-state index contributed by atoms with van der Waals surface area (Å²) < 4.78 is 5.50. The summed E-state index contributed by atoms with van der Waals surface area (Å²) in [6, 6.07) is 0.676. The highest BCUT2D eigenvalue weighted by atomic mass is 32.2. The fourth-order valence-corrected chi connectivity index (χ4v) is 3.68. The van der Waals surface area contributed by atoms with Gasteiger partial charge in [0.25, 0.3) is 0 Å². The SMILES string of the molecule is OCCC1(CNC2CCCSC2)CCOC1. The van der Waals surface area contributed by atoms with Crippen LogP contribution in [-0.2, 0) is 4.74 Å². The lowest BCUT2D eigenvalue weighted by atomic mass is 9.83. The number of hydrogen-bond donors (Lipinski definition) is 2. The molecule has 0 bridgehead atoms. The molecule has 2 N–H and O–H groups in total. The molecule has 4 heteroatoms. The average molecular weight is 245 g/mol. The first-order chi connectivity index (χ1) is 7.85. The van der Waals surface area contributed by atoms with Crippen LogP contribution in [0.3, 0.4) is 0 Å². The van der Waals surface area contributed by atoms with Crippen molar-refractivity contribution in [3.63, 3.8) is 0 Å². The molecule has 3 nitrogen and oxygen atoms in total. The van der Waals surface area contributed by atoms with Crippen molar-refractivity contribution in [2.45, 2.75) is 31.7 Å². The van der Waals surface area contributed by atoms with Gasteiger partial charge in [-0.2, -0.15) is 11.8 Å². The molecule has 2 unspecified atom stereocenters. The van der Waals surface area contributed by atoms with Crippen molar-refractivity contribution in [1.29, 1.82) is 0 Å². The molecule has 2 fully saturated rings. The van der Waals surface area contributed by atoms with Crippen molar-refractivity contribution < 1.29 is 9.84 Å². The van der Waals surface area contributed by atoms with E-state index in [2.05, 4.69) is 17.1 Å². The summed E-state index contributed by atoms with van der Waals surface area (Å²) >= 11 is 2.05. The minimum Gasteiger partial charge on any atom is -0.396 e. The Morgan fingerprint density at radius 3 is 3.06 bits per heavy atom. The van der Waals surface area contributed by atoms with E-state index in [1.54, 1.807) is 0 Å². The van der Waals surface area contributed by atoms with Gasteiger partial charge >= 0.3 is 0 Å². The van der Waals surface area contributed by atoms with E-state index in [9.17, 15) is 0 Å². The van der Waals surface area contributed by atoms with Crippen LogP contribution in [0.4, 0.5) is 0 Å². The van der Waals surface area contributed by atoms with Crippen molar-refractivity contribution in [1.82, 2.24) is 5.32 Å². The summed E-state index contributed by atoms with van der Waals surface area (Å²) in [5.74, 6) is 2.57. The summed E-state index contributed by atoms with van der Waals surface area (Å²) in [7, 11) is 0. The molecule has 0 amide bonds. The number of aliphatic hydroxyl groups is 1. The van der Waals surface area contributed by atoms with Crippen molar-refractivity contribution in [2.24, 2.45) is 5.41 Å². The Morgan fingerprint density at radius 2 is 2.44 bits per heavy atom. The highest BCUT2D eigenvalue weighted by molar-refractivity contribution is 7.99. The van der Waals surface area contributed by atoms with Gasteiger partial charge < -0.3 is 15.2 Å². The third-order valence-electron chi connectivity index (χ3n) is 3.75. The maximum atomic E-state index is 9.14. The van der Waals surface area contributed by atoms with Gasteiger partial charge in [-0.05, 0) is 31.4 Å². The first kappa shape index (κ1) is 12.7. The summed E-state index contributed by atoms with van der Waals surface area (Å²) in [5, 5.41) is 12.8. The lowest BCUT2D eigenvalue weighted by Crippen LogP contribution is -2.42. The standard InChI is InChI=1S/C12H23NO2S/c14-5-3-12(4-6-15-10-12)9-13-11-2-1-7-16-8-11/h11,13-14H,1-10H2. The Morgan fingerprint density at radius 1 is 1.50 bits per heavy atom. The largest absolute Gasteiger partial charge is 0.396 e. The second-order valence-corrected chi connectivity index (χ2v) is 6.22. The minimum absolute atomic E-state index is 0.205. The third kappa shape index (κ3) is 3.36. The number of thioether (sulfide) groups is 1. The lowest BCUT2D eigenvalue weighted by molar-refractivity contribution is 0.122. The molecule has 16 heavy (non-hydrogen) atoms. The average Bonchev–Trinajstić information content (AvgIpc) is 2.78. The molecule has 2 aliphatic heterocycles. The molecule has 0 aromatic rings. The van der Waals surface area contributed by atoms with Crippen LogP contribution in [0.15, 0.2) is 0 Å². The number of rotatable bonds is 5. The highest BCUT2D eigenvalue weighted by Crippen LogP contribution is 2.32. The molecule has 0 radical (unpaired) electrons. The molecule has 0 aromatic carbocycles. The molecule has 0 spiro atoms. The predicted octanol–water partition coefficient (Wildman–Crippen LogP) is 1.26. The molecule has 0 aliphatic carbocycles. The van der Waals surface area contributed by atoms with Crippen molar-refractivity contribution >= 4 is 11.8 Å². The molecule has 94 valence electrons. The van der Waals surface area contributed by atoms with Crippen molar-refractivity contribution in [3.05, 3.63) is 0 Å². The molecule has 2 rings (SSSR count). The van der Waals surface area contributed by atoms with Gasteiger partial charge in [0.1, 0.15) is 0 Å². The zero-order chi connectivity index (χ0) is 11.3. The zero-order valence-electron chi connectivity index (χ0n) is 9.91. The van der Waals surface area contributed by atoms with Crippen molar-refractivity contribution in [3.8, 4) is 0 Å². The van der Waals surface area contributed by atoms with Gasteiger partial charge in [-0.3, -0.25) is 0 Å². The monoisotopic (exact) mass is 245 g/mol. The molecule has 2 atom stereocenters. The summed E-state index contributed by atoms with van der Waals surface area (Å²) in [5.41, 5.74) is 0.205. The molecule has 0 aromatic heterocycles. The maximum Gasteiger partial charge on any atom is 0.0536 e. The summed E-state index contributed by atoms with van der Waals surface area (Å²) in [4.78, 5) is 0.